The highest BCUT2D eigenvalue weighted by atomic mass is 16.1. The third kappa shape index (κ3) is 0.888. The summed E-state index contributed by atoms with van der Waals surface area (Å²) in [6, 6.07) is 0. The van der Waals surface area contributed by atoms with Gasteiger partial charge in [-0.05, 0) is 12.5 Å². The molecule has 2 heterocycles. The molecule has 0 aromatic carbocycles. The molecule has 0 aliphatic carbocycles. The summed E-state index contributed by atoms with van der Waals surface area (Å²) in [6.45, 7) is 1.94. The monoisotopic (exact) mass is 148 g/mol. The highest BCUT2D eigenvalue weighted by molar-refractivity contribution is 5.99. The van der Waals surface area contributed by atoms with Crippen molar-refractivity contribution in [3.05, 3.63) is 23.5 Å². The zero-order valence-electron chi connectivity index (χ0n) is 6.22. The van der Waals surface area contributed by atoms with E-state index in [0.717, 1.165) is 16.8 Å². The van der Waals surface area contributed by atoms with Crippen LogP contribution in [0.15, 0.2) is 12.4 Å². The van der Waals surface area contributed by atoms with Crippen LogP contribution in [0.4, 0.5) is 5.69 Å². The van der Waals surface area contributed by atoms with Gasteiger partial charge < -0.3 is 5.32 Å². The van der Waals surface area contributed by atoms with E-state index in [1.165, 1.54) is 0 Å². The molecule has 0 atom stereocenters. The maximum atomic E-state index is 10.9. The number of hydrogen-bond donors (Lipinski definition) is 1. The minimum absolute atomic E-state index is 0.0658. The summed E-state index contributed by atoms with van der Waals surface area (Å²) in [5, 5.41) is 2.79. The van der Waals surface area contributed by atoms with E-state index in [-0.39, 0.29) is 5.91 Å². The average Bonchev–Trinajstić information content (AvgIpc) is 2.31. The molecule has 0 fully saturated rings. The van der Waals surface area contributed by atoms with Crippen molar-refractivity contribution in [3.63, 3.8) is 0 Å². The van der Waals surface area contributed by atoms with Gasteiger partial charge in [0.2, 0.25) is 5.91 Å². The van der Waals surface area contributed by atoms with Crippen LogP contribution in [0.25, 0.3) is 0 Å². The maximum absolute atomic E-state index is 10.9. The molecule has 0 spiro atoms. The lowest BCUT2D eigenvalue weighted by atomic mass is 10.2. The van der Waals surface area contributed by atoms with Crippen molar-refractivity contribution in [1.29, 1.82) is 0 Å². The van der Waals surface area contributed by atoms with Crippen LogP contribution in [0.3, 0.4) is 0 Å². The molecule has 1 aliphatic heterocycles. The Balaban J connectivity index is 2.57. The topological polar surface area (TPSA) is 42.0 Å². The van der Waals surface area contributed by atoms with Gasteiger partial charge in [0.1, 0.15) is 0 Å². The zero-order valence-corrected chi connectivity index (χ0v) is 6.22. The van der Waals surface area contributed by atoms with E-state index >= 15 is 0 Å². The van der Waals surface area contributed by atoms with Crippen LogP contribution < -0.4 is 5.32 Å². The van der Waals surface area contributed by atoms with Gasteiger partial charge in [0.25, 0.3) is 0 Å². The Hall–Kier alpha value is -1.38. The molecule has 0 unspecified atom stereocenters. The number of carbonyl (C=O) groups excluding carboxylic acids is 1. The van der Waals surface area contributed by atoms with E-state index in [9.17, 15) is 4.79 Å². The molecule has 0 saturated heterocycles. The first-order valence-electron chi connectivity index (χ1n) is 3.50. The first-order chi connectivity index (χ1) is 5.27. The van der Waals surface area contributed by atoms with Gasteiger partial charge >= 0.3 is 0 Å². The van der Waals surface area contributed by atoms with Crippen LogP contribution in [0.5, 0.6) is 0 Å². The standard InChI is InChI=1S/C8H8N2O/c1-5-3-9-4-6-2-7(11)10-8(5)6/h3-4H,2H2,1H3,(H,10,11). The molecule has 3 heteroatoms. The van der Waals surface area contributed by atoms with Gasteiger partial charge in [0.15, 0.2) is 0 Å². The third-order valence-corrected chi connectivity index (χ3v) is 1.83. The second kappa shape index (κ2) is 2.05. The lowest BCUT2D eigenvalue weighted by Gasteiger charge is -1.99. The highest BCUT2D eigenvalue weighted by Crippen LogP contribution is 2.24. The lowest BCUT2D eigenvalue weighted by Crippen LogP contribution is -2.04. The minimum Gasteiger partial charge on any atom is -0.325 e. The van der Waals surface area contributed by atoms with Crippen LogP contribution in [-0.4, -0.2) is 10.9 Å². The summed E-state index contributed by atoms with van der Waals surface area (Å²) in [6.07, 6.45) is 3.97. The minimum atomic E-state index is 0.0658. The Morgan fingerprint density at radius 1 is 1.55 bits per heavy atom. The molecule has 0 bridgehead atoms. The maximum Gasteiger partial charge on any atom is 0.228 e. The summed E-state index contributed by atoms with van der Waals surface area (Å²) in [4.78, 5) is 14.9. The predicted octanol–water partition coefficient (Wildman–Crippen LogP) is 0.885. The van der Waals surface area contributed by atoms with E-state index in [1.54, 1.807) is 12.4 Å². The molecule has 56 valence electrons. The van der Waals surface area contributed by atoms with Crippen molar-refractivity contribution >= 4 is 11.6 Å². The second-order valence-corrected chi connectivity index (χ2v) is 2.72. The summed E-state index contributed by atoms with van der Waals surface area (Å²) < 4.78 is 0. The molecule has 11 heavy (non-hydrogen) atoms. The average molecular weight is 148 g/mol. The van der Waals surface area contributed by atoms with Crippen LogP contribution in [0.2, 0.25) is 0 Å². The predicted molar refractivity (Wildman–Crippen MR) is 41.3 cm³/mol. The van der Waals surface area contributed by atoms with Crippen molar-refractivity contribution in [2.75, 3.05) is 5.32 Å². The van der Waals surface area contributed by atoms with E-state index in [4.69, 9.17) is 0 Å². The fraction of sp³-hybridized carbons (Fsp3) is 0.250. The van der Waals surface area contributed by atoms with Gasteiger partial charge in [-0.15, -0.1) is 0 Å². The smallest absolute Gasteiger partial charge is 0.228 e. The zero-order chi connectivity index (χ0) is 7.84. The number of nitrogens with zero attached hydrogens (tertiary/aromatic N) is 1. The van der Waals surface area contributed by atoms with Gasteiger partial charge in [-0.2, -0.15) is 0 Å². The molecule has 3 nitrogen and oxygen atoms in total. The summed E-state index contributed by atoms with van der Waals surface area (Å²) in [5.41, 5.74) is 2.99. The largest absolute Gasteiger partial charge is 0.325 e. The number of carbonyl (C=O) groups is 1. The number of anilines is 1. The van der Waals surface area contributed by atoms with E-state index in [2.05, 4.69) is 10.3 Å². The summed E-state index contributed by atoms with van der Waals surface area (Å²) in [5.74, 6) is 0.0658. The first kappa shape index (κ1) is 6.34. The number of aromatic nitrogens is 1. The number of amides is 1. The number of fused-ring (bicyclic) bond motifs is 1. The fourth-order valence-electron chi connectivity index (χ4n) is 1.29. The van der Waals surface area contributed by atoms with Crippen LogP contribution in [-0.2, 0) is 11.2 Å². The molecular weight excluding hydrogens is 140 g/mol. The Bertz CT molecular complexity index is 320. The number of hydrogen-bond acceptors (Lipinski definition) is 2. The number of nitrogens with one attached hydrogen (secondary N) is 1. The summed E-state index contributed by atoms with van der Waals surface area (Å²) >= 11 is 0. The molecule has 1 aliphatic rings. The van der Waals surface area contributed by atoms with Gasteiger partial charge in [0.05, 0.1) is 12.1 Å². The normalized spacial score (nSPS) is 14.5. The molecule has 1 aromatic heterocycles. The van der Waals surface area contributed by atoms with Crippen LogP contribution >= 0.6 is 0 Å². The summed E-state index contributed by atoms with van der Waals surface area (Å²) in [7, 11) is 0. The van der Waals surface area contributed by atoms with Crippen molar-refractivity contribution in [1.82, 2.24) is 4.98 Å². The molecule has 1 amide bonds. The molecule has 1 N–H and O–H groups in total. The van der Waals surface area contributed by atoms with Gasteiger partial charge in [-0.1, -0.05) is 0 Å². The first-order valence-corrected chi connectivity index (χ1v) is 3.50. The van der Waals surface area contributed by atoms with Crippen LogP contribution in [0.1, 0.15) is 11.1 Å². The third-order valence-electron chi connectivity index (χ3n) is 1.83. The Labute approximate surface area is 64.5 Å². The quantitative estimate of drug-likeness (QED) is 0.593. The lowest BCUT2D eigenvalue weighted by molar-refractivity contribution is -0.115. The number of aryl methyl sites for hydroxylation is 1. The van der Waals surface area contributed by atoms with Crippen molar-refractivity contribution in [2.24, 2.45) is 0 Å². The molecule has 2 rings (SSSR count). The van der Waals surface area contributed by atoms with E-state index in [1.807, 2.05) is 6.92 Å². The van der Waals surface area contributed by atoms with Gasteiger partial charge in [-0.3, -0.25) is 9.78 Å². The molecule has 0 saturated carbocycles. The van der Waals surface area contributed by atoms with Crippen molar-refractivity contribution < 1.29 is 4.79 Å². The fourth-order valence-corrected chi connectivity index (χ4v) is 1.29. The number of pyridine rings is 1. The second-order valence-electron chi connectivity index (χ2n) is 2.72. The Kier molecular flexibility index (Phi) is 1.18. The Morgan fingerprint density at radius 2 is 2.36 bits per heavy atom. The van der Waals surface area contributed by atoms with E-state index < -0.39 is 0 Å². The van der Waals surface area contributed by atoms with E-state index in [0.29, 0.717) is 6.42 Å². The molecule has 0 radical (unpaired) electrons. The van der Waals surface area contributed by atoms with Crippen LogP contribution in [0, 0.1) is 6.92 Å². The number of rotatable bonds is 0. The Morgan fingerprint density at radius 3 is 3.09 bits per heavy atom. The van der Waals surface area contributed by atoms with Gasteiger partial charge in [-0.25, -0.2) is 0 Å². The molecule has 1 aromatic rings. The van der Waals surface area contributed by atoms with Crippen molar-refractivity contribution in [3.8, 4) is 0 Å². The SMILES string of the molecule is Cc1cncc2c1NC(=O)C2. The highest BCUT2D eigenvalue weighted by Gasteiger charge is 2.18. The van der Waals surface area contributed by atoms with Gasteiger partial charge in [0, 0.05) is 18.0 Å². The molecular formula is C8H8N2O. The van der Waals surface area contributed by atoms with Crippen molar-refractivity contribution in [2.45, 2.75) is 13.3 Å².